The summed E-state index contributed by atoms with van der Waals surface area (Å²) in [5, 5.41) is 18.5. The molecule has 0 atom stereocenters. The van der Waals surface area contributed by atoms with Gasteiger partial charge < -0.3 is 10.6 Å². The molecule has 0 bridgehead atoms. The van der Waals surface area contributed by atoms with Crippen molar-refractivity contribution < 1.29 is 22.8 Å². The zero-order valence-electron chi connectivity index (χ0n) is 22.4. The summed E-state index contributed by atoms with van der Waals surface area (Å²) in [5.74, 6) is -0.873. The van der Waals surface area contributed by atoms with Gasteiger partial charge in [0.1, 0.15) is 11.4 Å². The van der Waals surface area contributed by atoms with Gasteiger partial charge in [-0.2, -0.15) is 18.3 Å². The highest BCUT2D eigenvalue weighted by Crippen LogP contribution is 2.31. The fourth-order valence-electron chi connectivity index (χ4n) is 4.27. The van der Waals surface area contributed by atoms with Gasteiger partial charge in [-0.1, -0.05) is 40.5 Å². The minimum absolute atomic E-state index is 0.0504. The van der Waals surface area contributed by atoms with E-state index in [4.69, 9.17) is 23.2 Å². The molecule has 5 aromatic rings. The lowest BCUT2D eigenvalue weighted by molar-refractivity contribution is -0.137. The molecule has 3 heterocycles. The van der Waals surface area contributed by atoms with Crippen LogP contribution in [0.25, 0.3) is 17.1 Å². The van der Waals surface area contributed by atoms with E-state index in [2.05, 4.69) is 31.0 Å². The van der Waals surface area contributed by atoms with Crippen molar-refractivity contribution in [2.24, 2.45) is 0 Å². The van der Waals surface area contributed by atoms with Gasteiger partial charge in [0.25, 0.3) is 11.8 Å². The number of nitrogens with one attached hydrogen (secondary N) is 2. The van der Waals surface area contributed by atoms with Crippen LogP contribution in [0.15, 0.2) is 67.0 Å². The van der Waals surface area contributed by atoms with E-state index in [-0.39, 0.29) is 34.3 Å². The van der Waals surface area contributed by atoms with E-state index in [9.17, 15) is 22.8 Å². The Labute approximate surface area is 252 Å². The molecule has 220 valence electrons. The van der Waals surface area contributed by atoms with Crippen molar-refractivity contribution in [2.45, 2.75) is 19.6 Å². The fraction of sp³-hybridized carbons (Fsp3) is 0.143. The number of alkyl halides is 3. The molecule has 0 fully saturated rings. The van der Waals surface area contributed by atoms with E-state index in [1.165, 1.54) is 46.9 Å². The van der Waals surface area contributed by atoms with Gasteiger partial charge in [-0.3, -0.25) is 9.59 Å². The van der Waals surface area contributed by atoms with Gasteiger partial charge in [-0.05, 0) is 55.0 Å². The number of hydrogen-bond acceptors (Lipinski definition) is 6. The number of aromatic nitrogens is 6. The van der Waals surface area contributed by atoms with Crippen LogP contribution >= 0.6 is 23.2 Å². The zero-order chi connectivity index (χ0) is 30.9. The van der Waals surface area contributed by atoms with Crippen molar-refractivity contribution in [3.8, 4) is 17.1 Å². The van der Waals surface area contributed by atoms with E-state index >= 15 is 0 Å². The molecule has 0 aliphatic rings. The molecule has 0 saturated carbocycles. The van der Waals surface area contributed by atoms with Crippen molar-refractivity contribution in [2.75, 3.05) is 12.4 Å². The molecule has 10 nitrogen and oxygen atoms in total. The molecule has 2 N–H and O–H groups in total. The van der Waals surface area contributed by atoms with Crippen molar-refractivity contribution in [3.63, 3.8) is 0 Å². The van der Waals surface area contributed by atoms with Crippen LogP contribution in [0, 0.1) is 6.92 Å². The number of carbonyl (C=O) groups is 2. The predicted molar refractivity (Wildman–Crippen MR) is 153 cm³/mol. The van der Waals surface area contributed by atoms with Crippen molar-refractivity contribution >= 4 is 40.7 Å². The van der Waals surface area contributed by atoms with Crippen molar-refractivity contribution in [1.29, 1.82) is 0 Å². The van der Waals surface area contributed by atoms with Gasteiger partial charge >= 0.3 is 6.18 Å². The molecule has 15 heteroatoms. The third-order valence-corrected chi connectivity index (χ3v) is 6.83. The Morgan fingerprint density at radius 3 is 2.44 bits per heavy atom. The Morgan fingerprint density at radius 1 is 1.02 bits per heavy atom. The van der Waals surface area contributed by atoms with Gasteiger partial charge in [-0.15, -0.1) is 5.10 Å². The summed E-state index contributed by atoms with van der Waals surface area (Å²) < 4.78 is 41.5. The average Bonchev–Trinajstić information content (AvgIpc) is 3.61. The predicted octanol–water partition coefficient (Wildman–Crippen LogP) is 5.82. The average molecular weight is 629 g/mol. The third kappa shape index (κ3) is 6.37. The first-order chi connectivity index (χ1) is 20.4. The summed E-state index contributed by atoms with van der Waals surface area (Å²) in [4.78, 5) is 30.4. The van der Waals surface area contributed by atoms with E-state index in [1.807, 2.05) is 0 Å². The third-order valence-electron chi connectivity index (χ3n) is 6.31. The number of benzene rings is 2. The molecule has 5 rings (SSSR count). The Kier molecular flexibility index (Phi) is 8.20. The smallest absolute Gasteiger partial charge is 0.355 e. The highest BCUT2D eigenvalue weighted by Gasteiger charge is 2.30. The standard InChI is InChI=1S/C28H21Cl2F3N8O2/c1-15-10-18(29)11-20(26(42)34-2)24(15)36-27(43)23-12-19(38-41(23)25-21(30)4-3-9-35-25)13-40-14-22(37-39-40)16-5-7-17(8-6-16)28(31,32)33/h3-12,14H,13H2,1-2H3,(H,34,42)(H,36,43). The monoisotopic (exact) mass is 628 g/mol. The Hall–Kier alpha value is -4.75. The van der Waals surface area contributed by atoms with Gasteiger partial charge in [0, 0.05) is 23.8 Å². The van der Waals surface area contributed by atoms with E-state index in [0.29, 0.717) is 27.5 Å². The number of rotatable bonds is 7. The Bertz CT molecular complexity index is 1830. The van der Waals surface area contributed by atoms with Gasteiger partial charge in [0.05, 0.1) is 40.3 Å². The lowest BCUT2D eigenvalue weighted by Gasteiger charge is -2.14. The molecular weight excluding hydrogens is 608 g/mol. The summed E-state index contributed by atoms with van der Waals surface area (Å²) >= 11 is 12.5. The van der Waals surface area contributed by atoms with E-state index in [0.717, 1.165) is 12.1 Å². The summed E-state index contributed by atoms with van der Waals surface area (Å²) in [7, 11) is 1.46. The molecule has 0 unspecified atom stereocenters. The molecule has 0 aliphatic carbocycles. The second kappa shape index (κ2) is 11.9. The number of amides is 2. The maximum atomic E-state index is 13.7. The van der Waals surface area contributed by atoms with Crippen LogP contribution in [0.3, 0.4) is 0 Å². The summed E-state index contributed by atoms with van der Waals surface area (Å²) in [5.41, 5.74) is 1.42. The molecule has 43 heavy (non-hydrogen) atoms. The lowest BCUT2D eigenvalue weighted by atomic mass is 10.1. The molecule has 0 aliphatic heterocycles. The topological polar surface area (TPSA) is 120 Å². The minimum atomic E-state index is -4.45. The molecule has 3 aromatic heterocycles. The first-order valence-electron chi connectivity index (χ1n) is 12.6. The summed E-state index contributed by atoms with van der Waals surface area (Å²) in [6, 6.07) is 12.3. The number of aryl methyl sites for hydroxylation is 1. The normalized spacial score (nSPS) is 11.4. The van der Waals surface area contributed by atoms with E-state index < -0.39 is 23.6 Å². The fourth-order valence-corrected chi connectivity index (χ4v) is 4.74. The van der Waals surface area contributed by atoms with Crippen molar-refractivity contribution in [3.05, 3.63) is 105 Å². The maximum absolute atomic E-state index is 13.7. The maximum Gasteiger partial charge on any atom is 0.416 e. The number of hydrogen-bond donors (Lipinski definition) is 2. The highest BCUT2D eigenvalue weighted by molar-refractivity contribution is 6.32. The summed E-state index contributed by atoms with van der Waals surface area (Å²) in [6.45, 7) is 1.75. The lowest BCUT2D eigenvalue weighted by Crippen LogP contribution is -2.23. The Morgan fingerprint density at radius 2 is 1.77 bits per heavy atom. The molecule has 0 spiro atoms. The number of anilines is 1. The van der Waals surface area contributed by atoms with Gasteiger partial charge in [0.2, 0.25) is 0 Å². The van der Waals surface area contributed by atoms with Crippen LogP contribution in [0.5, 0.6) is 0 Å². The SMILES string of the molecule is CNC(=O)c1cc(Cl)cc(C)c1NC(=O)c1cc(Cn2cc(-c3ccc(C(F)(F)F)cc3)nn2)nn1-c1ncccc1Cl. The van der Waals surface area contributed by atoms with E-state index in [1.54, 1.807) is 31.3 Å². The molecule has 0 radical (unpaired) electrons. The van der Waals surface area contributed by atoms with Crippen LogP contribution in [0.2, 0.25) is 10.0 Å². The molecular formula is C28H21Cl2F3N8O2. The molecule has 2 aromatic carbocycles. The van der Waals surface area contributed by atoms with Gasteiger partial charge in [0.15, 0.2) is 5.82 Å². The second-order valence-electron chi connectivity index (χ2n) is 9.30. The van der Waals surface area contributed by atoms with Crippen LogP contribution in [-0.2, 0) is 12.7 Å². The highest BCUT2D eigenvalue weighted by atomic mass is 35.5. The largest absolute Gasteiger partial charge is 0.416 e. The van der Waals surface area contributed by atoms with Crippen LogP contribution in [0.4, 0.5) is 18.9 Å². The number of carbonyl (C=O) groups excluding carboxylic acids is 2. The minimum Gasteiger partial charge on any atom is -0.355 e. The molecule has 0 saturated heterocycles. The first kappa shape index (κ1) is 29.7. The number of halogens is 5. The second-order valence-corrected chi connectivity index (χ2v) is 10.1. The first-order valence-corrected chi connectivity index (χ1v) is 13.3. The number of nitrogens with zero attached hydrogens (tertiary/aromatic N) is 6. The zero-order valence-corrected chi connectivity index (χ0v) is 24.0. The van der Waals surface area contributed by atoms with Crippen LogP contribution in [-0.4, -0.2) is 48.6 Å². The Balaban J connectivity index is 1.48. The molecule has 2 amide bonds. The van der Waals surface area contributed by atoms with Crippen LogP contribution in [0.1, 0.15) is 37.7 Å². The van der Waals surface area contributed by atoms with Crippen molar-refractivity contribution in [1.82, 2.24) is 35.1 Å². The summed E-state index contributed by atoms with van der Waals surface area (Å²) in [6.07, 6.45) is -1.42. The van der Waals surface area contributed by atoms with Gasteiger partial charge in [-0.25, -0.2) is 14.3 Å². The number of pyridine rings is 1. The van der Waals surface area contributed by atoms with Crippen LogP contribution < -0.4 is 10.6 Å². The quantitative estimate of drug-likeness (QED) is 0.234.